The van der Waals surface area contributed by atoms with E-state index in [0.717, 1.165) is 35.2 Å². The van der Waals surface area contributed by atoms with Gasteiger partial charge in [0.2, 0.25) is 0 Å². The van der Waals surface area contributed by atoms with Crippen LogP contribution in [0.25, 0.3) is 22.0 Å². The Morgan fingerprint density at radius 3 is 2.75 bits per heavy atom. The van der Waals surface area contributed by atoms with Gasteiger partial charge in [-0.3, -0.25) is 9.78 Å². The van der Waals surface area contributed by atoms with Crippen LogP contribution in [-0.2, 0) is 16.0 Å². The van der Waals surface area contributed by atoms with Gasteiger partial charge < -0.3 is 19.7 Å². The molecule has 5 rings (SSSR count). The number of pyridine rings is 1. The van der Waals surface area contributed by atoms with Gasteiger partial charge in [0, 0.05) is 60.3 Å². The van der Waals surface area contributed by atoms with Crippen molar-refractivity contribution in [1.29, 1.82) is 0 Å². The molecule has 7 nitrogen and oxygen atoms in total. The Hall–Kier alpha value is -3.16. The standard InChI is InChI=1S/C24H22ClN3O4/c1-31-24(30)14-2-3-18-17(4-5-27-20(18)11-14)19-13-16(25)10-15-12-21(32-22(15)19)23(29)28-8-6-26-7-9-28/h2-5,10-11,13,21,26H,6-9,12H2,1H3/t21-/m1/s1. The van der Waals surface area contributed by atoms with E-state index >= 15 is 0 Å². The van der Waals surface area contributed by atoms with E-state index in [1.165, 1.54) is 7.11 Å². The first-order valence-electron chi connectivity index (χ1n) is 10.5. The van der Waals surface area contributed by atoms with E-state index in [9.17, 15) is 9.59 Å². The zero-order valence-electron chi connectivity index (χ0n) is 17.6. The molecule has 32 heavy (non-hydrogen) atoms. The molecular formula is C24H22ClN3O4. The van der Waals surface area contributed by atoms with Crippen LogP contribution < -0.4 is 10.1 Å². The number of piperazine rings is 1. The Morgan fingerprint density at radius 2 is 1.97 bits per heavy atom. The quantitative estimate of drug-likeness (QED) is 0.616. The molecular weight excluding hydrogens is 430 g/mol. The van der Waals surface area contributed by atoms with E-state index in [4.69, 9.17) is 21.1 Å². The fourth-order valence-electron chi connectivity index (χ4n) is 4.38. The van der Waals surface area contributed by atoms with Crippen molar-refractivity contribution >= 4 is 34.4 Å². The molecule has 1 amide bonds. The van der Waals surface area contributed by atoms with E-state index in [2.05, 4.69) is 10.3 Å². The third kappa shape index (κ3) is 3.67. The highest BCUT2D eigenvalue weighted by atomic mass is 35.5. The fraction of sp³-hybridized carbons (Fsp3) is 0.292. The summed E-state index contributed by atoms with van der Waals surface area (Å²) in [6.07, 6.45) is 1.62. The van der Waals surface area contributed by atoms with Crippen molar-refractivity contribution < 1.29 is 19.1 Å². The molecule has 1 saturated heterocycles. The number of aromatic nitrogens is 1. The molecule has 8 heteroatoms. The van der Waals surface area contributed by atoms with Gasteiger partial charge in [0.1, 0.15) is 5.75 Å². The lowest BCUT2D eigenvalue weighted by molar-refractivity contribution is -0.138. The molecule has 0 aliphatic carbocycles. The highest BCUT2D eigenvalue weighted by Gasteiger charge is 2.35. The fourth-order valence-corrected chi connectivity index (χ4v) is 4.62. The summed E-state index contributed by atoms with van der Waals surface area (Å²) in [5.74, 6) is 0.264. The number of fused-ring (bicyclic) bond motifs is 2. The topological polar surface area (TPSA) is 80.8 Å². The van der Waals surface area contributed by atoms with Crippen molar-refractivity contribution in [3.05, 3.63) is 58.7 Å². The van der Waals surface area contributed by atoms with E-state index in [-0.39, 0.29) is 5.91 Å². The first kappa shape index (κ1) is 20.7. The molecule has 1 fully saturated rings. The number of halogens is 1. The Bertz CT molecular complexity index is 1220. The summed E-state index contributed by atoms with van der Waals surface area (Å²) >= 11 is 6.46. The highest BCUT2D eigenvalue weighted by Crippen LogP contribution is 2.43. The highest BCUT2D eigenvalue weighted by molar-refractivity contribution is 6.31. The maximum Gasteiger partial charge on any atom is 0.337 e. The lowest BCUT2D eigenvalue weighted by Crippen LogP contribution is -2.50. The van der Waals surface area contributed by atoms with Gasteiger partial charge in [-0.1, -0.05) is 17.7 Å². The van der Waals surface area contributed by atoms with Crippen LogP contribution in [0.1, 0.15) is 15.9 Å². The molecule has 1 N–H and O–H groups in total. The minimum absolute atomic E-state index is 0.00655. The number of ether oxygens (including phenoxy) is 2. The summed E-state index contributed by atoms with van der Waals surface area (Å²) in [7, 11) is 1.35. The van der Waals surface area contributed by atoms with Gasteiger partial charge in [-0.25, -0.2) is 4.79 Å². The molecule has 0 radical (unpaired) electrons. The number of hydrogen-bond donors (Lipinski definition) is 1. The monoisotopic (exact) mass is 451 g/mol. The SMILES string of the molecule is COC(=O)c1ccc2c(-c3cc(Cl)cc4c3O[C@@H](C(=O)N3CCNCC3)C4)ccnc2c1. The zero-order chi connectivity index (χ0) is 22.2. The maximum absolute atomic E-state index is 13.0. The number of methoxy groups -OCH3 is 1. The third-order valence-electron chi connectivity index (χ3n) is 5.95. The molecule has 0 unspecified atom stereocenters. The predicted octanol–water partition coefficient (Wildman–Crippen LogP) is 3.08. The first-order valence-corrected chi connectivity index (χ1v) is 10.9. The van der Waals surface area contributed by atoms with Crippen molar-refractivity contribution in [2.24, 2.45) is 0 Å². The first-order chi connectivity index (χ1) is 15.5. The van der Waals surface area contributed by atoms with E-state index in [0.29, 0.717) is 41.4 Å². The largest absolute Gasteiger partial charge is 0.479 e. The maximum atomic E-state index is 13.0. The Labute approximate surface area is 190 Å². The van der Waals surface area contributed by atoms with Crippen molar-refractivity contribution in [3.8, 4) is 16.9 Å². The molecule has 2 aromatic carbocycles. The molecule has 1 atom stereocenters. The van der Waals surface area contributed by atoms with Crippen LogP contribution in [0.5, 0.6) is 5.75 Å². The van der Waals surface area contributed by atoms with Crippen molar-refractivity contribution in [1.82, 2.24) is 15.2 Å². The summed E-state index contributed by atoms with van der Waals surface area (Å²) in [6.45, 7) is 2.94. The average Bonchev–Trinajstić information content (AvgIpc) is 3.26. The van der Waals surface area contributed by atoms with Crippen LogP contribution in [0.4, 0.5) is 0 Å². The smallest absolute Gasteiger partial charge is 0.337 e. The second-order valence-corrected chi connectivity index (χ2v) is 8.35. The van der Waals surface area contributed by atoms with Crippen molar-refractivity contribution in [2.45, 2.75) is 12.5 Å². The van der Waals surface area contributed by atoms with Gasteiger partial charge in [0.25, 0.3) is 5.91 Å². The van der Waals surface area contributed by atoms with Crippen LogP contribution in [0, 0.1) is 0 Å². The van der Waals surface area contributed by atoms with Crippen LogP contribution in [0.15, 0.2) is 42.6 Å². The lowest BCUT2D eigenvalue weighted by Gasteiger charge is -2.29. The second-order valence-electron chi connectivity index (χ2n) is 7.91. The average molecular weight is 452 g/mol. The number of hydrogen-bond acceptors (Lipinski definition) is 6. The van der Waals surface area contributed by atoms with Crippen molar-refractivity contribution in [3.63, 3.8) is 0 Å². The zero-order valence-corrected chi connectivity index (χ0v) is 18.3. The molecule has 2 aliphatic rings. The Balaban J connectivity index is 1.53. The summed E-state index contributed by atoms with van der Waals surface area (Å²) in [5, 5.41) is 4.69. The Kier molecular flexibility index (Phi) is 5.45. The molecule has 0 saturated carbocycles. The van der Waals surface area contributed by atoms with Crippen LogP contribution in [0.3, 0.4) is 0 Å². The van der Waals surface area contributed by atoms with E-state index < -0.39 is 12.1 Å². The molecule has 3 heterocycles. The number of rotatable bonds is 3. The predicted molar refractivity (Wildman–Crippen MR) is 121 cm³/mol. The molecule has 0 spiro atoms. The van der Waals surface area contributed by atoms with Gasteiger partial charge in [-0.15, -0.1) is 0 Å². The van der Waals surface area contributed by atoms with Gasteiger partial charge >= 0.3 is 5.97 Å². The van der Waals surface area contributed by atoms with Crippen LogP contribution in [0.2, 0.25) is 5.02 Å². The molecule has 3 aromatic rings. The summed E-state index contributed by atoms with van der Waals surface area (Å²) in [5.41, 5.74) is 3.68. The number of nitrogens with zero attached hydrogens (tertiary/aromatic N) is 2. The summed E-state index contributed by atoms with van der Waals surface area (Å²) in [4.78, 5) is 31.2. The van der Waals surface area contributed by atoms with Crippen LogP contribution >= 0.6 is 11.6 Å². The number of amides is 1. The number of carbonyl (C=O) groups is 2. The van der Waals surface area contributed by atoms with E-state index in [1.54, 1.807) is 18.3 Å². The third-order valence-corrected chi connectivity index (χ3v) is 6.17. The molecule has 1 aromatic heterocycles. The minimum atomic E-state index is -0.556. The number of esters is 1. The minimum Gasteiger partial charge on any atom is -0.479 e. The van der Waals surface area contributed by atoms with Gasteiger partial charge in [0.05, 0.1) is 18.2 Å². The van der Waals surface area contributed by atoms with Crippen molar-refractivity contribution in [2.75, 3.05) is 33.3 Å². The van der Waals surface area contributed by atoms with Crippen LogP contribution in [-0.4, -0.2) is 61.2 Å². The second kappa shape index (κ2) is 8.41. The van der Waals surface area contributed by atoms with Gasteiger partial charge in [0.15, 0.2) is 6.10 Å². The molecule has 164 valence electrons. The summed E-state index contributed by atoms with van der Waals surface area (Å²) < 4.78 is 11.0. The van der Waals surface area contributed by atoms with E-state index in [1.807, 2.05) is 29.2 Å². The van der Waals surface area contributed by atoms with Gasteiger partial charge in [-0.05, 0) is 35.9 Å². The molecule has 0 bridgehead atoms. The number of benzene rings is 2. The normalized spacial score (nSPS) is 17.7. The van der Waals surface area contributed by atoms with Gasteiger partial charge in [-0.2, -0.15) is 0 Å². The lowest BCUT2D eigenvalue weighted by atomic mass is 9.97. The number of carbonyl (C=O) groups excluding carboxylic acids is 2. The molecule has 2 aliphatic heterocycles. The Morgan fingerprint density at radius 1 is 1.16 bits per heavy atom. The summed E-state index contributed by atoms with van der Waals surface area (Å²) in [6, 6.07) is 10.9. The number of nitrogens with one attached hydrogen (secondary N) is 1.